The molecule has 2 N–H and O–H groups in total. The van der Waals surface area contributed by atoms with Crippen LogP contribution < -0.4 is 10.6 Å². The third kappa shape index (κ3) is 4.44. The number of nitrogens with two attached hydrogens (primary N) is 1. The Hall–Kier alpha value is -3.91. The van der Waals surface area contributed by atoms with Crippen LogP contribution in [0.2, 0.25) is 0 Å². The zero-order chi connectivity index (χ0) is 26.1. The summed E-state index contributed by atoms with van der Waals surface area (Å²) in [5, 5.41) is 9.06. The average molecular weight is 488 g/mol. The second-order valence-corrected chi connectivity index (χ2v) is 8.30. The van der Waals surface area contributed by atoms with Crippen molar-refractivity contribution in [3.05, 3.63) is 65.2 Å². The van der Waals surface area contributed by atoms with Gasteiger partial charge in [-0.1, -0.05) is 37.3 Å². The predicted molar refractivity (Wildman–Crippen MR) is 119 cm³/mol. The van der Waals surface area contributed by atoms with Gasteiger partial charge < -0.3 is 15.4 Å². The van der Waals surface area contributed by atoms with E-state index in [1.165, 1.54) is 13.1 Å². The van der Waals surface area contributed by atoms with Crippen molar-refractivity contribution in [2.45, 2.75) is 31.6 Å². The molecule has 1 saturated heterocycles. The van der Waals surface area contributed by atoms with Crippen LogP contribution in [0.3, 0.4) is 0 Å². The Labute approximate surface area is 199 Å². The standard InChI is InChI=1S/C24H23F3N4O4/c1-14(15(2)29)20(32)35-13-23(17-7-5-4-6-8-17)21(33)31(22(34)30(23)3)18-10-9-16(12-28)19(11-18)24(25,26)27/h4-11,14-15H,13,29H2,1-3H3/t14?,15-,23?/m0/s1. The van der Waals surface area contributed by atoms with Gasteiger partial charge in [0.25, 0.3) is 5.91 Å². The highest BCUT2D eigenvalue weighted by Crippen LogP contribution is 2.41. The van der Waals surface area contributed by atoms with Crippen LogP contribution in [-0.2, 0) is 26.0 Å². The van der Waals surface area contributed by atoms with Gasteiger partial charge in [0.05, 0.1) is 28.8 Å². The molecule has 184 valence electrons. The van der Waals surface area contributed by atoms with Crippen molar-refractivity contribution < 1.29 is 32.3 Å². The minimum Gasteiger partial charge on any atom is -0.462 e. The summed E-state index contributed by atoms with van der Waals surface area (Å²) < 4.78 is 46.0. The molecule has 0 aromatic heterocycles. The van der Waals surface area contributed by atoms with E-state index in [4.69, 9.17) is 15.7 Å². The molecule has 1 heterocycles. The number of amides is 3. The molecule has 0 bridgehead atoms. The number of hydrogen-bond donors (Lipinski definition) is 1. The first-order chi connectivity index (χ1) is 16.4. The molecule has 1 aliphatic heterocycles. The van der Waals surface area contributed by atoms with E-state index >= 15 is 0 Å². The normalized spacial score (nSPS) is 19.9. The molecule has 3 atom stereocenters. The van der Waals surface area contributed by atoms with Crippen molar-refractivity contribution in [1.82, 2.24) is 4.90 Å². The van der Waals surface area contributed by atoms with Crippen LogP contribution in [0.4, 0.5) is 23.7 Å². The number of urea groups is 1. The summed E-state index contributed by atoms with van der Waals surface area (Å²) in [7, 11) is 1.30. The quantitative estimate of drug-likeness (QED) is 0.492. The van der Waals surface area contributed by atoms with Crippen molar-refractivity contribution in [1.29, 1.82) is 5.26 Å². The number of halogens is 3. The summed E-state index contributed by atoms with van der Waals surface area (Å²) >= 11 is 0. The van der Waals surface area contributed by atoms with Gasteiger partial charge in [-0.25, -0.2) is 9.69 Å². The Morgan fingerprint density at radius 2 is 1.80 bits per heavy atom. The highest BCUT2D eigenvalue weighted by atomic mass is 19.4. The fourth-order valence-electron chi connectivity index (χ4n) is 3.75. The topological polar surface area (TPSA) is 117 Å². The van der Waals surface area contributed by atoms with Crippen molar-refractivity contribution in [3.63, 3.8) is 0 Å². The maximum absolute atomic E-state index is 13.8. The van der Waals surface area contributed by atoms with Gasteiger partial charge in [-0.3, -0.25) is 9.59 Å². The second-order valence-electron chi connectivity index (χ2n) is 8.30. The zero-order valence-corrected chi connectivity index (χ0v) is 19.2. The first-order valence-electron chi connectivity index (χ1n) is 10.6. The van der Waals surface area contributed by atoms with Crippen LogP contribution in [0, 0.1) is 17.2 Å². The molecule has 1 fully saturated rings. The van der Waals surface area contributed by atoms with Gasteiger partial charge in [0.15, 0.2) is 5.54 Å². The highest BCUT2D eigenvalue weighted by Gasteiger charge is 2.58. The number of carbonyl (C=O) groups is 3. The number of nitriles is 1. The number of imide groups is 1. The molecule has 0 radical (unpaired) electrons. The smallest absolute Gasteiger partial charge is 0.417 e. The van der Waals surface area contributed by atoms with Crippen molar-refractivity contribution >= 4 is 23.6 Å². The fourth-order valence-corrected chi connectivity index (χ4v) is 3.75. The molecular formula is C24H23F3N4O4. The van der Waals surface area contributed by atoms with Crippen LogP contribution in [0.15, 0.2) is 48.5 Å². The Bertz CT molecular complexity index is 1190. The van der Waals surface area contributed by atoms with E-state index in [0.29, 0.717) is 16.5 Å². The average Bonchev–Trinajstić information content (AvgIpc) is 3.02. The maximum Gasteiger partial charge on any atom is 0.417 e. The number of carbonyl (C=O) groups excluding carboxylic acids is 3. The summed E-state index contributed by atoms with van der Waals surface area (Å²) in [6.45, 7) is 2.59. The van der Waals surface area contributed by atoms with Gasteiger partial charge in [0, 0.05) is 13.1 Å². The van der Waals surface area contributed by atoms with E-state index < -0.39 is 59.3 Å². The van der Waals surface area contributed by atoms with E-state index in [1.807, 2.05) is 0 Å². The minimum absolute atomic E-state index is 0.300. The summed E-state index contributed by atoms with van der Waals surface area (Å²) in [5.41, 5.74) is 1.92. The van der Waals surface area contributed by atoms with Crippen molar-refractivity contribution in [2.24, 2.45) is 11.7 Å². The lowest BCUT2D eigenvalue weighted by molar-refractivity contribution is -0.153. The number of ether oxygens (including phenoxy) is 1. The number of hydrogen-bond acceptors (Lipinski definition) is 6. The lowest BCUT2D eigenvalue weighted by Crippen LogP contribution is -2.50. The molecule has 8 nitrogen and oxygen atoms in total. The van der Waals surface area contributed by atoms with E-state index in [2.05, 4.69) is 0 Å². The fraction of sp³-hybridized carbons (Fsp3) is 0.333. The van der Waals surface area contributed by atoms with Gasteiger partial charge in [-0.05, 0) is 30.7 Å². The van der Waals surface area contributed by atoms with Gasteiger partial charge in [0.2, 0.25) is 0 Å². The van der Waals surface area contributed by atoms with Gasteiger partial charge in [0.1, 0.15) is 6.61 Å². The van der Waals surface area contributed by atoms with Crippen LogP contribution in [0.1, 0.15) is 30.5 Å². The Morgan fingerprint density at radius 1 is 1.17 bits per heavy atom. The van der Waals surface area contributed by atoms with Gasteiger partial charge in [-0.15, -0.1) is 0 Å². The number of rotatable bonds is 6. The van der Waals surface area contributed by atoms with Crippen LogP contribution in [0.25, 0.3) is 0 Å². The van der Waals surface area contributed by atoms with Crippen LogP contribution in [-0.4, -0.2) is 42.5 Å². The molecule has 2 unspecified atom stereocenters. The van der Waals surface area contributed by atoms with Gasteiger partial charge >= 0.3 is 18.2 Å². The molecule has 3 amide bonds. The molecule has 1 aliphatic rings. The number of esters is 1. The zero-order valence-electron chi connectivity index (χ0n) is 19.2. The molecule has 0 aliphatic carbocycles. The van der Waals surface area contributed by atoms with Crippen LogP contribution >= 0.6 is 0 Å². The molecule has 3 rings (SSSR count). The highest BCUT2D eigenvalue weighted by molar-refractivity contribution is 6.23. The largest absolute Gasteiger partial charge is 0.462 e. The first-order valence-corrected chi connectivity index (χ1v) is 10.6. The van der Waals surface area contributed by atoms with E-state index in [-0.39, 0.29) is 5.69 Å². The van der Waals surface area contributed by atoms with Crippen molar-refractivity contribution in [3.8, 4) is 6.07 Å². The van der Waals surface area contributed by atoms with Gasteiger partial charge in [-0.2, -0.15) is 18.4 Å². The van der Waals surface area contributed by atoms with Crippen LogP contribution in [0.5, 0.6) is 0 Å². The van der Waals surface area contributed by atoms with E-state index in [1.54, 1.807) is 44.2 Å². The number of nitrogens with zero attached hydrogens (tertiary/aromatic N) is 3. The van der Waals surface area contributed by atoms with E-state index in [9.17, 15) is 27.6 Å². The first kappa shape index (κ1) is 25.7. The lowest BCUT2D eigenvalue weighted by Gasteiger charge is -2.33. The number of alkyl halides is 3. The molecule has 35 heavy (non-hydrogen) atoms. The molecular weight excluding hydrogens is 465 g/mol. The predicted octanol–water partition coefficient (Wildman–Crippen LogP) is 3.40. The second kappa shape index (κ2) is 9.38. The molecule has 0 saturated carbocycles. The number of anilines is 1. The monoisotopic (exact) mass is 488 g/mol. The Kier molecular flexibility index (Phi) is 6.89. The third-order valence-corrected chi connectivity index (χ3v) is 6.13. The number of benzene rings is 2. The number of likely N-dealkylation sites (N-methyl/N-ethyl adjacent to an activating group) is 1. The Morgan fingerprint density at radius 3 is 2.34 bits per heavy atom. The third-order valence-electron chi connectivity index (χ3n) is 6.13. The summed E-state index contributed by atoms with van der Waals surface area (Å²) in [4.78, 5) is 41.1. The van der Waals surface area contributed by atoms with Crippen molar-refractivity contribution in [2.75, 3.05) is 18.6 Å². The molecule has 11 heteroatoms. The maximum atomic E-state index is 13.8. The van der Waals surface area contributed by atoms with E-state index in [0.717, 1.165) is 17.0 Å². The SMILES string of the molecule is CC(C(=O)OCC1(c2ccccc2)C(=O)N(c2ccc(C#N)c(C(F)(F)F)c2)C(=O)N1C)[C@H](C)N. The lowest BCUT2D eigenvalue weighted by atomic mass is 9.89. The molecule has 2 aromatic carbocycles. The summed E-state index contributed by atoms with van der Waals surface area (Å²) in [6, 6.07) is 10.6. The summed E-state index contributed by atoms with van der Waals surface area (Å²) in [6.07, 6.45) is -4.89. The Balaban J connectivity index is 2.11. The molecule has 0 spiro atoms. The molecule has 2 aromatic rings. The summed E-state index contributed by atoms with van der Waals surface area (Å²) in [5.74, 6) is -2.31. The minimum atomic E-state index is -4.89.